The van der Waals surface area contributed by atoms with Crippen LogP contribution in [0.4, 0.5) is 0 Å². The minimum absolute atomic E-state index is 0. The lowest BCUT2D eigenvalue weighted by atomic mass is 10.1. The second kappa shape index (κ2) is 9.11. The number of carbonyl (C=O) groups excluding carboxylic acids is 1. The second-order valence-electron chi connectivity index (χ2n) is 5.77. The number of halogens is 1. The van der Waals surface area contributed by atoms with Crippen molar-refractivity contribution in [2.75, 3.05) is 13.1 Å². The monoisotopic (exact) mass is 314 g/mol. The van der Waals surface area contributed by atoms with Crippen LogP contribution in [0.25, 0.3) is 0 Å². The highest BCUT2D eigenvalue weighted by Gasteiger charge is 2.14. The van der Waals surface area contributed by atoms with E-state index in [0.29, 0.717) is 18.3 Å². The summed E-state index contributed by atoms with van der Waals surface area (Å²) in [6.07, 6.45) is 7.93. The van der Waals surface area contributed by atoms with E-state index in [9.17, 15) is 4.79 Å². The molecule has 5 heteroatoms. The van der Waals surface area contributed by atoms with Crippen molar-refractivity contribution in [1.82, 2.24) is 10.6 Å². The number of aryl methyl sites for hydroxylation is 2. The molecule has 1 aliphatic rings. The maximum Gasteiger partial charge on any atom is 0.287 e. The summed E-state index contributed by atoms with van der Waals surface area (Å²) in [5, 5.41) is 6.46. The van der Waals surface area contributed by atoms with Crippen LogP contribution >= 0.6 is 12.4 Å². The summed E-state index contributed by atoms with van der Waals surface area (Å²) in [5.41, 5.74) is 0.900. The molecule has 1 aliphatic carbocycles. The number of amides is 1. The SMILES string of the molecule is Cc1cc(C)c(C(=O)NCCNC2CCCCCC2)o1.Cl. The van der Waals surface area contributed by atoms with E-state index < -0.39 is 0 Å². The average Bonchev–Trinajstić information content (AvgIpc) is 2.64. The highest BCUT2D eigenvalue weighted by molar-refractivity contribution is 5.92. The third-order valence-electron chi connectivity index (χ3n) is 3.95. The molecule has 0 radical (unpaired) electrons. The van der Waals surface area contributed by atoms with Crippen LogP contribution in [0.15, 0.2) is 10.5 Å². The molecule has 0 saturated heterocycles. The van der Waals surface area contributed by atoms with Crippen LogP contribution in [0, 0.1) is 13.8 Å². The van der Waals surface area contributed by atoms with Crippen molar-refractivity contribution in [3.63, 3.8) is 0 Å². The lowest BCUT2D eigenvalue weighted by molar-refractivity contribution is 0.0923. The zero-order valence-electron chi connectivity index (χ0n) is 13.0. The molecular formula is C16H27ClN2O2. The van der Waals surface area contributed by atoms with Gasteiger partial charge in [-0.3, -0.25) is 4.79 Å². The van der Waals surface area contributed by atoms with E-state index in [1.807, 2.05) is 19.9 Å². The molecule has 0 aliphatic heterocycles. The smallest absolute Gasteiger partial charge is 0.287 e. The van der Waals surface area contributed by atoms with Crippen molar-refractivity contribution >= 4 is 18.3 Å². The molecular weight excluding hydrogens is 288 g/mol. The molecule has 0 aromatic carbocycles. The first-order valence-electron chi connectivity index (χ1n) is 7.75. The Morgan fingerprint density at radius 3 is 2.43 bits per heavy atom. The summed E-state index contributed by atoms with van der Waals surface area (Å²) in [7, 11) is 0. The highest BCUT2D eigenvalue weighted by Crippen LogP contribution is 2.17. The molecule has 0 unspecified atom stereocenters. The van der Waals surface area contributed by atoms with Gasteiger partial charge in [0.05, 0.1) is 0 Å². The van der Waals surface area contributed by atoms with E-state index in [1.54, 1.807) is 0 Å². The highest BCUT2D eigenvalue weighted by atomic mass is 35.5. The Morgan fingerprint density at radius 1 is 1.19 bits per heavy atom. The fourth-order valence-corrected chi connectivity index (χ4v) is 2.88. The van der Waals surface area contributed by atoms with Gasteiger partial charge < -0.3 is 15.1 Å². The van der Waals surface area contributed by atoms with Crippen LogP contribution in [0.1, 0.15) is 60.4 Å². The molecule has 1 aromatic rings. The normalized spacial score (nSPS) is 16.1. The largest absolute Gasteiger partial charge is 0.456 e. The number of hydrogen-bond donors (Lipinski definition) is 2. The number of hydrogen-bond acceptors (Lipinski definition) is 3. The first-order chi connectivity index (χ1) is 9.66. The molecule has 0 atom stereocenters. The van der Waals surface area contributed by atoms with Crippen molar-refractivity contribution in [2.24, 2.45) is 0 Å². The Morgan fingerprint density at radius 2 is 1.86 bits per heavy atom. The Labute approximate surface area is 133 Å². The lowest BCUT2D eigenvalue weighted by Gasteiger charge is -2.16. The third kappa shape index (κ3) is 5.71. The zero-order valence-corrected chi connectivity index (χ0v) is 13.9. The van der Waals surface area contributed by atoms with Gasteiger partial charge in [0.15, 0.2) is 5.76 Å². The third-order valence-corrected chi connectivity index (χ3v) is 3.95. The molecule has 1 fully saturated rings. The molecule has 1 amide bonds. The van der Waals surface area contributed by atoms with E-state index in [4.69, 9.17) is 4.42 Å². The van der Waals surface area contributed by atoms with Crippen LogP contribution in [-0.2, 0) is 0 Å². The predicted molar refractivity (Wildman–Crippen MR) is 87.3 cm³/mol. The fraction of sp³-hybridized carbons (Fsp3) is 0.688. The molecule has 0 bridgehead atoms. The molecule has 0 spiro atoms. The van der Waals surface area contributed by atoms with E-state index in [1.165, 1.54) is 38.5 Å². The number of furan rings is 1. The van der Waals surface area contributed by atoms with E-state index in [2.05, 4.69) is 10.6 Å². The summed E-state index contributed by atoms with van der Waals surface area (Å²) in [4.78, 5) is 12.0. The van der Waals surface area contributed by atoms with Crippen molar-refractivity contribution in [2.45, 2.75) is 58.4 Å². The van der Waals surface area contributed by atoms with Gasteiger partial charge in [0.1, 0.15) is 5.76 Å². The molecule has 2 N–H and O–H groups in total. The predicted octanol–water partition coefficient (Wildman–Crippen LogP) is 3.36. The molecule has 1 saturated carbocycles. The van der Waals surface area contributed by atoms with Gasteiger partial charge in [0, 0.05) is 24.7 Å². The minimum atomic E-state index is -0.113. The molecule has 2 rings (SSSR count). The average molecular weight is 315 g/mol. The summed E-state index contributed by atoms with van der Waals surface area (Å²) >= 11 is 0. The van der Waals surface area contributed by atoms with Crippen LogP contribution in [0.5, 0.6) is 0 Å². The van der Waals surface area contributed by atoms with Crippen molar-refractivity contribution in [3.05, 3.63) is 23.2 Å². The van der Waals surface area contributed by atoms with Gasteiger partial charge in [-0.1, -0.05) is 25.7 Å². The van der Waals surface area contributed by atoms with Crippen LogP contribution in [0.2, 0.25) is 0 Å². The standard InChI is InChI=1S/C16H26N2O2.ClH/c1-12-11-13(2)20-15(12)16(19)18-10-9-17-14-7-5-3-4-6-8-14;/h11,14,17H,3-10H2,1-2H3,(H,18,19);1H. The molecule has 4 nitrogen and oxygen atoms in total. The Bertz CT molecular complexity index is 437. The van der Waals surface area contributed by atoms with Crippen LogP contribution < -0.4 is 10.6 Å². The molecule has 1 heterocycles. The van der Waals surface area contributed by atoms with Crippen molar-refractivity contribution in [1.29, 1.82) is 0 Å². The van der Waals surface area contributed by atoms with Gasteiger partial charge in [-0.2, -0.15) is 0 Å². The first kappa shape index (κ1) is 18.1. The summed E-state index contributed by atoms with van der Waals surface area (Å²) in [6.45, 7) is 5.23. The summed E-state index contributed by atoms with van der Waals surface area (Å²) in [6, 6.07) is 2.51. The van der Waals surface area contributed by atoms with Gasteiger partial charge in [0.2, 0.25) is 0 Å². The van der Waals surface area contributed by atoms with Gasteiger partial charge in [0.25, 0.3) is 5.91 Å². The Kier molecular flexibility index (Phi) is 7.83. The molecule has 21 heavy (non-hydrogen) atoms. The Hall–Kier alpha value is -1.00. The number of carbonyl (C=O) groups is 1. The summed E-state index contributed by atoms with van der Waals surface area (Å²) in [5.74, 6) is 1.11. The maximum atomic E-state index is 12.0. The fourth-order valence-electron chi connectivity index (χ4n) is 2.88. The van der Waals surface area contributed by atoms with Crippen LogP contribution in [-0.4, -0.2) is 25.0 Å². The topological polar surface area (TPSA) is 54.3 Å². The zero-order chi connectivity index (χ0) is 14.4. The van der Waals surface area contributed by atoms with Gasteiger partial charge >= 0.3 is 0 Å². The lowest BCUT2D eigenvalue weighted by Crippen LogP contribution is -2.36. The molecule has 1 aromatic heterocycles. The minimum Gasteiger partial charge on any atom is -0.456 e. The molecule has 120 valence electrons. The van der Waals surface area contributed by atoms with Crippen molar-refractivity contribution in [3.8, 4) is 0 Å². The van der Waals surface area contributed by atoms with E-state index in [0.717, 1.165) is 17.9 Å². The second-order valence-corrected chi connectivity index (χ2v) is 5.77. The van der Waals surface area contributed by atoms with E-state index in [-0.39, 0.29) is 18.3 Å². The number of rotatable bonds is 5. The maximum absolute atomic E-state index is 12.0. The van der Waals surface area contributed by atoms with Gasteiger partial charge in [-0.05, 0) is 32.8 Å². The Balaban J connectivity index is 0.00000220. The quantitative estimate of drug-likeness (QED) is 0.647. The van der Waals surface area contributed by atoms with Crippen LogP contribution in [0.3, 0.4) is 0 Å². The van der Waals surface area contributed by atoms with Gasteiger partial charge in [-0.25, -0.2) is 0 Å². The summed E-state index contributed by atoms with van der Waals surface area (Å²) < 4.78 is 5.41. The van der Waals surface area contributed by atoms with Gasteiger partial charge in [-0.15, -0.1) is 12.4 Å². The van der Waals surface area contributed by atoms with Crippen molar-refractivity contribution < 1.29 is 9.21 Å². The first-order valence-corrected chi connectivity index (χ1v) is 7.75. The van der Waals surface area contributed by atoms with E-state index >= 15 is 0 Å². The number of nitrogens with one attached hydrogen (secondary N) is 2.